The van der Waals surface area contributed by atoms with Crippen molar-refractivity contribution in [1.82, 2.24) is 14.9 Å². The number of hydrogen-bond donors (Lipinski definition) is 0. The first-order valence-corrected chi connectivity index (χ1v) is 14.6. The molecule has 1 saturated carbocycles. The highest BCUT2D eigenvalue weighted by molar-refractivity contribution is 7.99. The summed E-state index contributed by atoms with van der Waals surface area (Å²) in [6.07, 6.45) is 12.1. The monoisotopic (exact) mass is 486 g/mol. The Labute approximate surface area is 208 Å². The number of fused-ring (bicyclic) bond motifs is 1. The third-order valence-corrected chi connectivity index (χ3v) is 9.50. The van der Waals surface area contributed by atoms with E-state index in [0.29, 0.717) is 41.5 Å². The molecule has 0 spiro atoms. The minimum atomic E-state index is -0.0940. The molecule has 2 aliphatic carbocycles. The lowest BCUT2D eigenvalue weighted by Crippen LogP contribution is -2.45. The third kappa shape index (κ3) is 4.87. The molecular formula is C27H39FN4OS. The van der Waals surface area contributed by atoms with E-state index in [-0.39, 0.29) is 23.8 Å². The predicted octanol–water partition coefficient (Wildman–Crippen LogP) is 6.10. The number of hydrogen-bond acceptors (Lipinski definition) is 5. The summed E-state index contributed by atoms with van der Waals surface area (Å²) in [6.45, 7) is 6.08. The van der Waals surface area contributed by atoms with Crippen molar-refractivity contribution in [2.75, 3.05) is 29.5 Å². The third-order valence-electron chi connectivity index (χ3n) is 8.36. The maximum Gasteiger partial charge on any atom is 0.258 e. The van der Waals surface area contributed by atoms with Crippen molar-refractivity contribution in [2.45, 2.75) is 90.1 Å². The molecule has 34 heavy (non-hydrogen) atoms. The van der Waals surface area contributed by atoms with E-state index in [1.54, 1.807) is 6.20 Å². The number of carbonyl (C=O) groups excluding carboxylic acids is 1. The van der Waals surface area contributed by atoms with Crippen molar-refractivity contribution < 1.29 is 9.18 Å². The molecule has 0 bridgehead atoms. The Morgan fingerprint density at radius 3 is 2.65 bits per heavy atom. The second-order valence-electron chi connectivity index (χ2n) is 10.9. The van der Waals surface area contributed by atoms with Crippen LogP contribution in [0.2, 0.25) is 0 Å². The van der Waals surface area contributed by atoms with E-state index in [1.807, 2.05) is 16.7 Å². The molecule has 0 radical (unpaired) electrons. The second kappa shape index (κ2) is 10.5. The molecule has 4 aliphatic rings. The number of rotatable bonds is 5. The molecule has 1 aromatic heterocycles. The smallest absolute Gasteiger partial charge is 0.258 e. The zero-order chi connectivity index (χ0) is 23.7. The van der Waals surface area contributed by atoms with Crippen molar-refractivity contribution in [2.24, 2.45) is 11.8 Å². The Kier molecular flexibility index (Phi) is 7.47. The molecule has 2 aliphatic heterocycles. The number of anilines is 1. The van der Waals surface area contributed by atoms with E-state index >= 15 is 4.39 Å². The molecule has 186 valence electrons. The van der Waals surface area contributed by atoms with Crippen molar-refractivity contribution >= 4 is 29.2 Å². The molecule has 0 aromatic carbocycles. The Morgan fingerprint density at radius 1 is 1.12 bits per heavy atom. The largest absolute Gasteiger partial charge is 0.341 e. The first-order chi connectivity index (χ1) is 16.5. The number of nitrogens with zero attached hydrogens (tertiary/aromatic N) is 4. The van der Waals surface area contributed by atoms with Crippen LogP contribution in [0.1, 0.15) is 94.1 Å². The van der Waals surface area contributed by atoms with Gasteiger partial charge in [0.2, 0.25) is 5.95 Å². The van der Waals surface area contributed by atoms with Gasteiger partial charge >= 0.3 is 0 Å². The zero-order valence-electron chi connectivity index (χ0n) is 20.8. The first kappa shape index (κ1) is 24.1. The number of carbonyl (C=O) groups is 1. The zero-order valence-corrected chi connectivity index (χ0v) is 21.6. The van der Waals surface area contributed by atoms with Gasteiger partial charge < -0.3 is 9.80 Å². The lowest BCUT2D eigenvalue weighted by molar-refractivity contribution is 0.0631. The van der Waals surface area contributed by atoms with Gasteiger partial charge in [0.1, 0.15) is 5.83 Å². The molecule has 3 atom stereocenters. The maximum atomic E-state index is 15.1. The molecule has 1 aromatic rings. The molecular weight excluding hydrogens is 447 g/mol. The molecule has 5 nitrogen and oxygen atoms in total. The molecule has 0 N–H and O–H groups in total. The fourth-order valence-corrected chi connectivity index (χ4v) is 7.72. The second-order valence-corrected chi connectivity index (χ2v) is 12.0. The topological polar surface area (TPSA) is 49.3 Å². The van der Waals surface area contributed by atoms with Gasteiger partial charge in [0.05, 0.1) is 11.3 Å². The van der Waals surface area contributed by atoms with Gasteiger partial charge in [-0.2, -0.15) is 11.8 Å². The van der Waals surface area contributed by atoms with Crippen molar-refractivity contribution in [1.29, 1.82) is 0 Å². The summed E-state index contributed by atoms with van der Waals surface area (Å²) in [6, 6.07) is 0.305. The van der Waals surface area contributed by atoms with Crippen LogP contribution in [0, 0.1) is 11.8 Å². The number of piperidine rings is 1. The number of thioether (sulfide) groups is 1. The number of halogens is 1. The van der Waals surface area contributed by atoms with Crippen LogP contribution in [-0.4, -0.2) is 57.5 Å². The van der Waals surface area contributed by atoms with Gasteiger partial charge in [-0.3, -0.25) is 4.79 Å². The van der Waals surface area contributed by atoms with Crippen LogP contribution in [0.3, 0.4) is 0 Å². The molecule has 1 amide bonds. The van der Waals surface area contributed by atoms with Crippen LogP contribution in [0.5, 0.6) is 0 Å². The maximum absolute atomic E-state index is 15.1. The Morgan fingerprint density at radius 2 is 1.91 bits per heavy atom. The number of aromatic nitrogens is 2. The van der Waals surface area contributed by atoms with Crippen LogP contribution < -0.4 is 4.90 Å². The summed E-state index contributed by atoms with van der Waals surface area (Å²) in [4.78, 5) is 27.9. The Balaban J connectivity index is 1.49. The SMILES string of the molecule is CC(C)N(C(=O)c1cnc(N2CCC3CCCCC3C2)nc1C1=C(F)CCCC1)C1CCSC1. The molecule has 3 unspecified atom stereocenters. The highest BCUT2D eigenvalue weighted by Crippen LogP contribution is 2.39. The molecule has 3 heterocycles. The minimum absolute atomic E-state index is 0.0408. The standard InChI is InChI=1S/C27H39FN4OS/c1-18(2)32(21-12-14-34-17-21)26(33)23-15-29-27(30-25(23)22-9-5-6-10-24(22)28)31-13-11-19-7-3-4-8-20(19)16-31/h15,18-21H,3-14,16-17H2,1-2H3. The van der Waals surface area contributed by atoms with Gasteiger partial charge in [0, 0.05) is 42.7 Å². The average molecular weight is 487 g/mol. The van der Waals surface area contributed by atoms with Crippen molar-refractivity contribution in [3.8, 4) is 0 Å². The summed E-state index contributed by atoms with van der Waals surface area (Å²) in [5.74, 6) is 4.12. The molecule has 3 fully saturated rings. The molecule has 7 heteroatoms. The van der Waals surface area contributed by atoms with Crippen molar-refractivity contribution in [3.05, 3.63) is 23.3 Å². The lowest BCUT2D eigenvalue weighted by Gasteiger charge is -2.41. The first-order valence-electron chi connectivity index (χ1n) is 13.4. The van der Waals surface area contributed by atoms with E-state index < -0.39 is 0 Å². The van der Waals surface area contributed by atoms with Gasteiger partial charge in [-0.25, -0.2) is 14.4 Å². The van der Waals surface area contributed by atoms with Crippen molar-refractivity contribution in [3.63, 3.8) is 0 Å². The summed E-state index contributed by atoms with van der Waals surface area (Å²) in [7, 11) is 0. The van der Waals surface area contributed by atoms with Crippen LogP contribution in [0.25, 0.3) is 5.57 Å². The Hall–Kier alpha value is -1.63. The summed E-state index contributed by atoms with van der Waals surface area (Å²) >= 11 is 1.90. The van der Waals surface area contributed by atoms with Gasteiger partial charge in [0.15, 0.2) is 0 Å². The summed E-state index contributed by atoms with van der Waals surface area (Å²) < 4.78 is 15.1. The van der Waals surface area contributed by atoms with E-state index in [0.717, 1.165) is 49.8 Å². The minimum Gasteiger partial charge on any atom is -0.341 e. The molecule has 2 saturated heterocycles. The highest BCUT2D eigenvalue weighted by atomic mass is 32.2. The average Bonchev–Trinajstić information content (AvgIpc) is 3.38. The van der Waals surface area contributed by atoms with E-state index in [9.17, 15) is 4.79 Å². The fourth-order valence-electron chi connectivity index (χ4n) is 6.51. The fraction of sp³-hybridized carbons (Fsp3) is 0.741. The lowest BCUT2D eigenvalue weighted by atomic mass is 9.75. The predicted molar refractivity (Wildman–Crippen MR) is 138 cm³/mol. The van der Waals surface area contributed by atoms with Gasteiger partial charge in [-0.05, 0) is 76.4 Å². The number of allylic oxidation sites excluding steroid dienone is 2. The molecule has 5 rings (SSSR count). The number of amides is 1. The normalized spacial score (nSPS) is 27.8. The van der Waals surface area contributed by atoms with Gasteiger partial charge in [0.25, 0.3) is 5.91 Å². The van der Waals surface area contributed by atoms with Crippen LogP contribution in [0.15, 0.2) is 12.0 Å². The van der Waals surface area contributed by atoms with E-state index in [1.165, 1.54) is 32.1 Å². The summed E-state index contributed by atoms with van der Waals surface area (Å²) in [5.41, 5.74) is 1.67. The Bertz CT molecular complexity index is 929. The van der Waals surface area contributed by atoms with Crippen LogP contribution in [0.4, 0.5) is 10.3 Å². The van der Waals surface area contributed by atoms with E-state index in [2.05, 4.69) is 18.7 Å². The van der Waals surface area contributed by atoms with Gasteiger partial charge in [-0.1, -0.05) is 19.3 Å². The van der Waals surface area contributed by atoms with Gasteiger partial charge in [-0.15, -0.1) is 0 Å². The summed E-state index contributed by atoms with van der Waals surface area (Å²) in [5, 5.41) is 0. The quantitative estimate of drug-likeness (QED) is 0.503. The highest BCUT2D eigenvalue weighted by Gasteiger charge is 2.35. The van der Waals surface area contributed by atoms with Crippen LogP contribution in [-0.2, 0) is 0 Å². The van der Waals surface area contributed by atoms with Crippen LogP contribution >= 0.6 is 11.8 Å². The van der Waals surface area contributed by atoms with E-state index in [4.69, 9.17) is 9.97 Å².